The Morgan fingerprint density at radius 1 is 0.960 bits per heavy atom. The van der Waals surface area contributed by atoms with Crippen LogP contribution in [0.2, 0.25) is 0 Å². The molecule has 0 saturated heterocycles. The van der Waals surface area contributed by atoms with Gasteiger partial charge in [-0.25, -0.2) is 0 Å². The average Bonchev–Trinajstić information content (AvgIpc) is 3.17. The molecule has 3 aliphatic rings. The summed E-state index contributed by atoms with van der Waals surface area (Å²) in [4.78, 5) is 2.39. The quantitative estimate of drug-likeness (QED) is 0.831. The van der Waals surface area contributed by atoms with Crippen molar-refractivity contribution in [1.82, 2.24) is 0 Å². The van der Waals surface area contributed by atoms with Gasteiger partial charge in [0.1, 0.15) is 11.5 Å². The smallest absolute Gasteiger partial charge is 0.231 e. The summed E-state index contributed by atoms with van der Waals surface area (Å²) in [6.07, 6.45) is 7.30. The number of hydrogen-bond acceptors (Lipinski definition) is 5. The Hall–Kier alpha value is -2.82. The van der Waals surface area contributed by atoms with Crippen LogP contribution in [-0.2, 0) is 6.42 Å². The van der Waals surface area contributed by atoms with Crippen LogP contribution in [0.15, 0.2) is 24.3 Å². The second-order valence-electron chi connectivity index (χ2n) is 6.70. The van der Waals surface area contributed by atoms with Gasteiger partial charge in [0.15, 0.2) is 11.5 Å². The summed E-state index contributed by atoms with van der Waals surface area (Å²) in [5.74, 6) is 1.39. The van der Waals surface area contributed by atoms with Crippen molar-refractivity contribution in [3.05, 3.63) is 35.4 Å². The van der Waals surface area contributed by atoms with Gasteiger partial charge >= 0.3 is 0 Å². The second-order valence-corrected chi connectivity index (χ2v) is 6.70. The Bertz CT molecular complexity index is 903. The minimum Gasteiger partial charge on any atom is -0.507 e. The fourth-order valence-electron chi connectivity index (χ4n) is 4.07. The van der Waals surface area contributed by atoms with Crippen molar-refractivity contribution in [2.75, 3.05) is 24.8 Å². The van der Waals surface area contributed by atoms with Gasteiger partial charge in [0.2, 0.25) is 6.79 Å². The number of ether oxygens (including phenoxy) is 2. The maximum absolute atomic E-state index is 10.7. The van der Waals surface area contributed by atoms with Crippen LogP contribution in [0, 0.1) is 0 Å². The normalized spacial score (nSPS) is 17.4. The van der Waals surface area contributed by atoms with E-state index in [9.17, 15) is 10.2 Å². The van der Waals surface area contributed by atoms with Gasteiger partial charge < -0.3 is 24.6 Å². The summed E-state index contributed by atoms with van der Waals surface area (Å²) in [5.41, 5.74) is 4.54. The van der Waals surface area contributed by atoms with Crippen molar-refractivity contribution in [1.29, 1.82) is 0 Å². The van der Waals surface area contributed by atoms with E-state index < -0.39 is 0 Å². The van der Waals surface area contributed by atoms with Gasteiger partial charge in [-0.3, -0.25) is 0 Å². The van der Waals surface area contributed by atoms with Crippen molar-refractivity contribution in [3.63, 3.8) is 0 Å². The monoisotopic (exact) mass is 337 g/mol. The molecule has 2 aromatic rings. The molecule has 128 valence electrons. The Labute approximate surface area is 145 Å². The highest BCUT2D eigenvalue weighted by Gasteiger charge is 2.29. The maximum Gasteiger partial charge on any atom is 0.231 e. The van der Waals surface area contributed by atoms with Gasteiger partial charge in [-0.05, 0) is 37.0 Å². The molecular formula is C20H19NO4. The number of aromatic hydroxyl groups is 2. The van der Waals surface area contributed by atoms with Crippen LogP contribution in [0.1, 0.15) is 24.0 Å². The van der Waals surface area contributed by atoms with Crippen molar-refractivity contribution in [2.24, 2.45) is 0 Å². The molecule has 3 aliphatic heterocycles. The predicted molar refractivity (Wildman–Crippen MR) is 95.5 cm³/mol. The molecule has 0 aromatic heterocycles. The predicted octanol–water partition coefficient (Wildman–Crippen LogP) is 3.66. The van der Waals surface area contributed by atoms with Crippen molar-refractivity contribution in [2.45, 2.75) is 19.3 Å². The Balaban J connectivity index is 1.78. The van der Waals surface area contributed by atoms with Crippen molar-refractivity contribution >= 4 is 11.8 Å². The molecule has 0 aliphatic carbocycles. The van der Waals surface area contributed by atoms with Gasteiger partial charge in [-0.1, -0.05) is 12.2 Å². The zero-order valence-electron chi connectivity index (χ0n) is 13.8. The van der Waals surface area contributed by atoms with Gasteiger partial charge in [0.25, 0.3) is 0 Å². The van der Waals surface area contributed by atoms with E-state index in [4.69, 9.17) is 9.47 Å². The lowest BCUT2D eigenvalue weighted by Crippen LogP contribution is -2.23. The van der Waals surface area contributed by atoms with Crippen molar-refractivity contribution < 1.29 is 19.7 Å². The van der Waals surface area contributed by atoms with Crippen LogP contribution in [0.3, 0.4) is 0 Å². The molecule has 5 heteroatoms. The first-order valence-corrected chi connectivity index (χ1v) is 8.65. The first-order chi connectivity index (χ1) is 12.2. The first kappa shape index (κ1) is 14.5. The standard InChI is InChI=1S/C20H19NO4/c22-15-10-18-17(24-11-25-18)9-14(15)19-13-4-2-1-3-6-21-7-5-12(20(13)21)8-16(19)23/h2,4,8-10,22-23H,1,3,5-7,11H2. The molecule has 2 aromatic carbocycles. The van der Waals surface area contributed by atoms with Crippen LogP contribution in [0.25, 0.3) is 17.2 Å². The van der Waals surface area contributed by atoms with E-state index in [-0.39, 0.29) is 18.3 Å². The lowest BCUT2D eigenvalue weighted by atomic mass is 9.92. The Kier molecular flexibility index (Phi) is 3.10. The minimum absolute atomic E-state index is 0.0794. The van der Waals surface area contributed by atoms with E-state index in [1.807, 2.05) is 6.07 Å². The molecule has 0 spiro atoms. The Morgan fingerprint density at radius 2 is 1.80 bits per heavy atom. The number of nitrogens with zero attached hydrogens (tertiary/aromatic N) is 1. The van der Waals surface area contributed by atoms with Crippen molar-refractivity contribution in [3.8, 4) is 34.1 Å². The van der Waals surface area contributed by atoms with E-state index in [1.165, 1.54) is 11.3 Å². The lowest BCUT2D eigenvalue weighted by Gasteiger charge is -2.25. The molecule has 3 heterocycles. The summed E-state index contributed by atoms with van der Waals surface area (Å²) in [6, 6.07) is 5.15. The third kappa shape index (κ3) is 2.15. The SMILES string of the molecule is Oc1cc2c(cc1-c1c(O)cc3c4c1C=CCCCN4CC3)OCO2. The number of rotatable bonds is 1. The minimum atomic E-state index is 0.0794. The van der Waals surface area contributed by atoms with E-state index in [0.717, 1.165) is 37.9 Å². The molecule has 2 N–H and O–H groups in total. The summed E-state index contributed by atoms with van der Waals surface area (Å²) < 4.78 is 10.8. The second kappa shape index (κ2) is 5.34. The molecule has 5 nitrogen and oxygen atoms in total. The molecule has 0 bridgehead atoms. The largest absolute Gasteiger partial charge is 0.507 e. The molecule has 25 heavy (non-hydrogen) atoms. The number of phenols is 2. The molecule has 0 saturated carbocycles. The summed E-state index contributed by atoms with van der Waals surface area (Å²) in [6.45, 7) is 2.14. The van der Waals surface area contributed by atoms with Crippen LogP contribution in [0.4, 0.5) is 5.69 Å². The summed E-state index contributed by atoms with van der Waals surface area (Å²) >= 11 is 0. The fraction of sp³-hybridized carbons (Fsp3) is 0.300. The zero-order valence-corrected chi connectivity index (χ0v) is 13.8. The number of allylic oxidation sites excluding steroid dienone is 1. The molecule has 0 amide bonds. The fourth-order valence-corrected chi connectivity index (χ4v) is 4.07. The Morgan fingerprint density at radius 3 is 2.68 bits per heavy atom. The molecule has 5 rings (SSSR count). The van der Waals surface area contributed by atoms with Gasteiger partial charge in [-0.15, -0.1) is 0 Å². The van der Waals surface area contributed by atoms with Crippen LogP contribution in [-0.4, -0.2) is 30.1 Å². The maximum atomic E-state index is 10.7. The summed E-state index contributed by atoms with van der Waals surface area (Å²) in [7, 11) is 0. The van der Waals surface area contributed by atoms with E-state index in [2.05, 4.69) is 17.1 Å². The number of hydrogen-bond donors (Lipinski definition) is 2. The van der Waals surface area contributed by atoms with E-state index in [0.29, 0.717) is 22.6 Å². The molecule has 0 radical (unpaired) electrons. The first-order valence-electron chi connectivity index (χ1n) is 8.65. The average molecular weight is 337 g/mol. The zero-order chi connectivity index (χ0) is 17.0. The van der Waals surface area contributed by atoms with Crippen LogP contribution in [0.5, 0.6) is 23.0 Å². The molecule has 0 atom stereocenters. The highest BCUT2D eigenvalue weighted by Crippen LogP contribution is 2.50. The van der Waals surface area contributed by atoms with Gasteiger partial charge in [-0.2, -0.15) is 0 Å². The lowest BCUT2D eigenvalue weighted by molar-refractivity contribution is 0.174. The number of phenolic OH excluding ortho intramolecular Hbond substituents is 2. The molecule has 0 fully saturated rings. The van der Waals surface area contributed by atoms with Crippen LogP contribution >= 0.6 is 0 Å². The number of benzene rings is 2. The summed E-state index contributed by atoms with van der Waals surface area (Å²) in [5, 5.41) is 21.3. The van der Waals surface area contributed by atoms with E-state index >= 15 is 0 Å². The van der Waals surface area contributed by atoms with Gasteiger partial charge in [0.05, 0.1) is 0 Å². The molecule has 0 unspecified atom stereocenters. The number of anilines is 1. The molecular weight excluding hydrogens is 318 g/mol. The number of fused-ring (bicyclic) bond motifs is 1. The third-order valence-corrected chi connectivity index (χ3v) is 5.21. The highest BCUT2D eigenvalue weighted by atomic mass is 16.7. The topological polar surface area (TPSA) is 62.2 Å². The van der Waals surface area contributed by atoms with E-state index in [1.54, 1.807) is 12.1 Å². The highest BCUT2D eigenvalue weighted by molar-refractivity contribution is 5.92. The van der Waals surface area contributed by atoms with Gasteiger partial charge in [0, 0.05) is 41.5 Å². The van der Waals surface area contributed by atoms with Crippen LogP contribution < -0.4 is 14.4 Å². The third-order valence-electron chi connectivity index (χ3n) is 5.21.